The number of anilines is 2. The molecule has 14 heavy (non-hydrogen) atoms. The fraction of sp³-hybridized carbons (Fsp3) is 0.429. The average Bonchev–Trinajstić information content (AvgIpc) is 2.15. The predicted octanol–water partition coefficient (Wildman–Crippen LogP) is 1.58. The number of nitrogens with zero attached hydrogens (tertiary/aromatic N) is 2. The maximum Gasteiger partial charge on any atom is 0.433 e. The summed E-state index contributed by atoms with van der Waals surface area (Å²) in [7, 11) is 2.94. The van der Waals surface area contributed by atoms with Crippen molar-refractivity contribution in [3.05, 3.63) is 11.8 Å². The largest absolute Gasteiger partial charge is 0.433 e. The van der Waals surface area contributed by atoms with Gasteiger partial charge in [-0.25, -0.2) is 4.98 Å². The number of nitrogens with one attached hydrogen (secondary N) is 2. The summed E-state index contributed by atoms with van der Waals surface area (Å²) < 4.78 is 36.8. The fourth-order valence-electron chi connectivity index (χ4n) is 0.832. The number of hydrogen-bond acceptors (Lipinski definition) is 4. The van der Waals surface area contributed by atoms with Gasteiger partial charge in [-0.05, 0) is 0 Å². The van der Waals surface area contributed by atoms with Gasteiger partial charge in [-0.1, -0.05) is 0 Å². The standard InChI is InChI=1S/C7H9F3N4/c1-11-5-3-4(7(8,9)10)13-6(12-2)14-5/h3H,1-2H3,(H2,11,12,13,14). The van der Waals surface area contributed by atoms with Crippen molar-refractivity contribution in [2.24, 2.45) is 0 Å². The molecule has 0 fully saturated rings. The lowest BCUT2D eigenvalue weighted by atomic mass is 10.4. The van der Waals surface area contributed by atoms with E-state index in [-0.39, 0.29) is 11.8 Å². The maximum atomic E-state index is 12.3. The molecule has 1 aromatic rings. The molecule has 0 aliphatic carbocycles. The molecule has 0 unspecified atom stereocenters. The Hall–Kier alpha value is -1.53. The van der Waals surface area contributed by atoms with Crippen LogP contribution >= 0.6 is 0 Å². The van der Waals surface area contributed by atoms with Crippen LogP contribution in [0.15, 0.2) is 6.07 Å². The second kappa shape index (κ2) is 3.69. The third kappa shape index (κ3) is 2.24. The van der Waals surface area contributed by atoms with Crippen LogP contribution in [0.2, 0.25) is 0 Å². The summed E-state index contributed by atoms with van der Waals surface area (Å²) in [6.45, 7) is 0. The molecular formula is C7H9F3N4. The van der Waals surface area contributed by atoms with Crippen molar-refractivity contribution in [2.75, 3.05) is 24.7 Å². The zero-order chi connectivity index (χ0) is 10.8. The van der Waals surface area contributed by atoms with E-state index in [9.17, 15) is 13.2 Å². The van der Waals surface area contributed by atoms with Gasteiger partial charge in [-0.3, -0.25) is 0 Å². The number of hydrogen-bond donors (Lipinski definition) is 2. The molecule has 1 heterocycles. The quantitative estimate of drug-likeness (QED) is 0.771. The van der Waals surface area contributed by atoms with Crippen molar-refractivity contribution in [2.45, 2.75) is 6.18 Å². The van der Waals surface area contributed by atoms with Crippen molar-refractivity contribution < 1.29 is 13.2 Å². The topological polar surface area (TPSA) is 49.8 Å². The number of aromatic nitrogens is 2. The molecular weight excluding hydrogens is 197 g/mol. The molecule has 0 saturated carbocycles. The van der Waals surface area contributed by atoms with Crippen LogP contribution in [0.4, 0.5) is 24.9 Å². The van der Waals surface area contributed by atoms with Crippen LogP contribution in [0.3, 0.4) is 0 Å². The molecule has 2 N–H and O–H groups in total. The molecule has 1 rings (SSSR count). The van der Waals surface area contributed by atoms with Gasteiger partial charge >= 0.3 is 6.18 Å². The molecule has 4 nitrogen and oxygen atoms in total. The highest BCUT2D eigenvalue weighted by Crippen LogP contribution is 2.29. The molecule has 0 spiro atoms. The first-order valence-electron chi connectivity index (χ1n) is 3.79. The zero-order valence-electron chi connectivity index (χ0n) is 7.61. The lowest BCUT2D eigenvalue weighted by Crippen LogP contribution is -2.12. The van der Waals surface area contributed by atoms with E-state index < -0.39 is 11.9 Å². The van der Waals surface area contributed by atoms with Crippen LogP contribution in [0.1, 0.15) is 5.69 Å². The first-order valence-corrected chi connectivity index (χ1v) is 3.79. The molecule has 0 bridgehead atoms. The van der Waals surface area contributed by atoms with Gasteiger partial charge in [0.1, 0.15) is 5.82 Å². The summed E-state index contributed by atoms with van der Waals surface area (Å²) in [6.07, 6.45) is -4.46. The summed E-state index contributed by atoms with van der Waals surface area (Å²) in [5.41, 5.74) is -0.971. The highest BCUT2D eigenvalue weighted by Gasteiger charge is 2.33. The molecule has 0 aliphatic rings. The van der Waals surface area contributed by atoms with Gasteiger partial charge in [0.25, 0.3) is 0 Å². The second-order valence-corrected chi connectivity index (χ2v) is 2.46. The Bertz CT molecular complexity index is 301. The molecule has 1 aromatic heterocycles. The van der Waals surface area contributed by atoms with Crippen molar-refractivity contribution in [1.82, 2.24) is 9.97 Å². The van der Waals surface area contributed by atoms with Crippen LogP contribution in [0.5, 0.6) is 0 Å². The summed E-state index contributed by atoms with van der Waals surface area (Å²) in [5.74, 6) is 0.0563. The van der Waals surface area contributed by atoms with Gasteiger partial charge in [0.2, 0.25) is 5.95 Å². The lowest BCUT2D eigenvalue weighted by Gasteiger charge is -2.09. The number of halogens is 3. The lowest BCUT2D eigenvalue weighted by molar-refractivity contribution is -0.141. The van der Waals surface area contributed by atoms with Crippen LogP contribution in [-0.2, 0) is 6.18 Å². The molecule has 0 saturated heterocycles. The summed E-state index contributed by atoms with van der Waals surface area (Å²) in [6, 6.07) is 0.848. The van der Waals surface area contributed by atoms with E-state index in [1.807, 2.05) is 0 Å². The summed E-state index contributed by atoms with van der Waals surface area (Å²) in [5, 5.41) is 4.97. The number of alkyl halides is 3. The minimum Gasteiger partial charge on any atom is -0.373 e. The van der Waals surface area contributed by atoms with E-state index in [4.69, 9.17) is 0 Å². The van der Waals surface area contributed by atoms with Gasteiger partial charge in [0.15, 0.2) is 5.69 Å². The van der Waals surface area contributed by atoms with E-state index in [1.54, 1.807) is 0 Å². The smallest absolute Gasteiger partial charge is 0.373 e. The summed E-state index contributed by atoms with van der Waals surface area (Å²) in [4.78, 5) is 7.03. The van der Waals surface area contributed by atoms with Crippen molar-refractivity contribution in [3.63, 3.8) is 0 Å². The van der Waals surface area contributed by atoms with E-state index in [0.717, 1.165) is 6.07 Å². The normalized spacial score (nSPS) is 11.2. The Morgan fingerprint density at radius 1 is 1.14 bits per heavy atom. The molecule has 7 heteroatoms. The highest BCUT2D eigenvalue weighted by atomic mass is 19.4. The van der Waals surface area contributed by atoms with Crippen LogP contribution in [0, 0.1) is 0 Å². The molecule has 0 radical (unpaired) electrons. The minimum atomic E-state index is -4.46. The third-order valence-corrected chi connectivity index (χ3v) is 1.50. The van der Waals surface area contributed by atoms with Gasteiger partial charge in [-0.15, -0.1) is 0 Å². The van der Waals surface area contributed by atoms with E-state index in [1.165, 1.54) is 14.1 Å². The second-order valence-electron chi connectivity index (χ2n) is 2.46. The molecule has 0 aliphatic heterocycles. The van der Waals surface area contributed by atoms with Crippen molar-refractivity contribution in [3.8, 4) is 0 Å². The van der Waals surface area contributed by atoms with Crippen molar-refractivity contribution in [1.29, 1.82) is 0 Å². The average molecular weight is 206 g/mol. The van der Waals surface area contributed by atoms with Crippen LogP contribution in [0.25, 0.3) is 0 Å². The van der Waals surface area contributed by atoms with Gasteiger partial charge in [0, 0.05) is 20.2 Å². The highest BCUT2D eigenvalue weighted by molar-refractivity contribution is 5.42. The first kappa shape index (κ1) is 10.6. The summed E-state index contributed by atoms with van der Waals surface area (Å²) >= 11 is 0. The van der Waals surface area contributed by atoms with Gasteiger partial charge < -0.3 is 10.6 Å². The van der Waals surface area contributed by atoms with Crippen LogP contribution < -0.4 is 10.6 Å². The Morgan fingerprint density at radius 3 is 2.21 bits per heavy atom. The Kier molecular flexibility index (Phi) is 2.78. The number of rotatable bonds is 2. The molecule has 0 aromatic carbocycles. The molecule has 0 amide bonds. The predicted molar refractivity (Wildman–Crippen MR) is 46.1 cm³/mol. The Labute approximate surface area is 78.6 Å². The SMILES string of the molecule is CNc1cc(C(F)(F)F)nc(NC)n1. The van der Waals surface area contributed by atoms with E-state index >= 15 is 0 Å². The third-order valence-electron chi connectivity index (χ3n) is 1.50. The molecule has 78 valence electrons. The zero-order valence-corrected chi connectivity index (χ0v) is 7.61. The minimum absolute atomic E-state index is 0.0656. The van der Waals surface area contributed by atoms with Crippen LogP contribution in [-0.4, -0.2) is 24.1 Å². The van der Waals surface area contributed by atoms with E-state index in [2.05, 4.69) is 20.6 Å². The van der Waals surface area contributed by atoms with Gasteiger partial charge in [-0.2, -0.15) is 18.2 Å². The first-order chi connectivity index (χ1) is 6.47. The van der Waals surface area contributed by atoms with E-state index in [0.29, 0.717) is 0 Å². The Morgan fingerprint density at radius 2 is 1.79 bits per heavy atom. The molecule has 0 atom stereocenters. The fourth-order valence-corrected chi connectivity index (χ4v) is 0.832. The Balaban J connectivity index is 3.17. The van der Waals surface area contributed by atoms with Crippen molar-refractivity contribution >= 4 is 11.8 Å². The maximum absolute atomic E-state index is 12.3. The monoisotopic (exact) mass is 206 g/mol. The van der Waals surface area contributed by atoms with Gasteiger partial charge in [0.05, 0.1) is 0 Å².